The summed E-state index contributed by atoms with van der Waals surface area (Å²) in [7, 11) is 0. The number of hydrogen-bond acceptors (Lipinski definition) is 1. The number of halogens is 3. The average Bonchev–Trinajstić information content (AvgIpc) is 2.79. The van der Waals surface area contributed by atoms with Crippen LogP contribution >= 0.6 is 39.1 Å². The van der Waals surface area contributed by atoms with Crippen molar-refractivity contribution < 1.29 is 0 Å². The minimum atomic E-state index is 0.326. The molecule has 1 aromatic heterocycles. The molecule has 0 N–H and O–H groups in total. The van der Waals surface area contributed by atoms with Crippen LogP contribution in [-0.2, 0) is 5.88 Å². The molecule has 3 rings (SSSR count). The average molecular weight is 356 g/mol. The van der Waals surface area contributed by atoms with Gasteiger partial charge >= 0.3 is 0 Å². The third kappa shape index (κ3) is 2.16. The molecule has 0 aliphatic carbocycles. The standard InChI is InChI=1S/C14H9BrCl2N2/c15-9-4-1-2-7-12(9)19-13(8-16)18-11-6-3-5-10(17)14(11)19/h1-7H,8H2. The summed E-state index contributed by atoms with van der Waals surface area (Å²) in [6, 6.07) is 13.6. The zero-order valence-electron chi connectivity index (χ0n) is 9.78. The monoisotopic (exact) mass is 354 g/mol. The van der Waals surface area contributed by atoms with Gasteiger partial charge in [0, 0.05) is 4.47 Å². The van der Waals surface area contributed by atoms with Gasteiger partial charge in [0.25, 0.3) is 0 Å². The molecule has 0 fully saturated rings. The molecular formula is C14H9BrCl2N2. The molecule has 5 heteroatoms. The summed E-state index contributed by atoms with van der Waals surface area (Å²) < 4.78 is 2.97. The van der Waals surface area contributed by atoms with E-state index >= 15 is 0 Å². The minimum absolute atomic E-state index is 0.326. The Balaban J connectivity index is 2.42. The quantitative estimate of drug-likeness (QED) is 0.579. The molecule has 2 nitrogen and oxygen atoms in total. The second-order valence-corrected chi connectivity index (χ2v) is 5.58. The topological polar surface area (TPSA) is 17.8 Å². The lowest BCUT2D eigenvalue weighted by Crippen LogP contribution is -2.00. The summed E-state index contributed by atoms with van der Waals surface area (Å²) >= 11 is 15.9. The maximum atomic E-state index is 6.32. The normalized spacial score (nSPS) is 11.1. The van der Waals surface area contributed by atoms with Gasteiger partial charge in [0.05, 0.1) is 27.6 Å². The largest absolute Gasteiger partial charge is 0.293 e. The van der Waals surface area contributed by atoms with Crippen LogP contribution in [0.3, 0.4) is 0 Å². The Hall–Kier alpha value is -1.03. The number of para-hydroxylation sites is 2. The van der Waals surface area contributed by atoms with Crippen LogP contribution in [-0.4, -0.2) is 9.55 Å². The lowest BCUT2D eigenvalue weighted by molar-refractivity contribution is 0.977. The van der Waals surface area contributed by atoms with Gasteiger partial charge in [-0.25, -0.2) is 4.98 Å². The lowest BCUT2D eigenvalue weighted by atomic mass is 10.3. The summed E-state index contributed by atoms with van der Waals surface area (Å²) in [5, 5.41) is 0.664. The number of nitrogens with zero attached hydrogens (tertiary/aromatic N) is 2. The van der Waals surface area contributed by atoms with E-state index in [0.717, 1.165) is 27.0 Å². The van der Waals surface area contributed by atoms with E-state index in [1.54, 1.807) is 0 Å². The van der Waals surface area contributed by atoms with Crippen molar-refractivity contribution in [3.05, 3.63) is 57.8 Å². The Morgan fingerprint density at radius 1 is 1.11 bits per heavy atom. The molecule has 0 aliphatic heterocycles. The molecular weight excluding hydrogens is 347 g/mol. The maximum Gasteiger partial charge on any atom is 0.129 e. The van der Waals surface area contributed by atoms with Gasteiger partial charge in [-0.3, -0.25) is 4.57 Å². The fraction of sp³-hybridized carbons (Fsp3) is 0.0714. The summed E-state index contributed by atoms with van der Waals surface area (Å²) in [4.78, 5) is 4.54. The zero-order valence-corrected chi connectivity index (χ0v) is 12.9. The number of hydrogen-bond donors (Lipinski definition) is 0. The Morgan fingerprint density at radius 2 is 1.89 bits per heavy atom. The van der Waals surface area contributed by atoms with Gasteiger partial charge in [-0.15, -0.1) is 11.6 Å². The summed E-state index contributed by atoms with van der Waals surface area (Å²) in [6.45, 7) is 0. The van der Waals surface area contributed by atoms with Gasteiger partial charge in [-0.1, -0.05) is 29.8 Å². The molecule has 0 saturated carbocycles. The highest BCUT2D eigenvalue weighted by Gasteiger charge is 2.15. The highest BCUT2D eigenvalue weighted by atomic mass is 79.9. The Labute approximate surface area is 129 Å². The van der Waals surface area contributed by atoms with Crippen molar-refractivity contribution in [2.45, 2.75) is 5.88 Å². The molecule has 0 bridgehead atoms. The molecule has 0 radical (unpaired) electrons. The summed E-state index contributed by atoms with van der Waals surface area (Å²) in [6.07, 6.45) is 0. The number of rotatable bonds is 2. The predicted molar refractivity (Wildman–Crippen MR) is 83.3 cm³/mol. The molecule has 2 aromatic carbocycles. The van der Waals surface area contributed by atoms with Crippen LogP contribution in [0.15, 0.2) is 46.9 Å². The number of fused-ring (bicyclic) bond motifs is 1. The first-order valence-corrected chi connectivity index (χ1v) is 7.39. The van der Waals surface area contributed by atoms with Crippen LogP contribution in [0.4, 0.5) is 0 Å². The van der Waals surface area contributed by atoms with E-state index in [1.807, 2.05) is 47.0 Å². The first kappa shape index (κ1) is 13.0. The van der Waals surface area contributed by atoms with Gasteiger partial charge < -0.3 is 0 Å². The molecule has 1 heterocycles. The number of alkyl halides is 1. The SMILES string of the molecule is ClCc1nc2cccc(Cl)c2n1-c1ccccc1Br. The Morgan fingerprint density at radius 3 is 2.63 bits per heavy atom. The lowest BCUT2D eigenvalue weighted by Gasteiger charge is -2.10. The molecule has 19 heavy (non-hydrogen) atoms. The van der Waals surface area contributed by atoms with Crippen LogP contribution in [0.5, 0.6) is 0 Å². The van der Waals surface area contributed by atoms with Gasteiger partial charge in [-0.05, 0) is 40.2 Å². The van der Waals surface area contributed by atoms with Gasteiger partial charge in [0.1, 0.15) is 5.82 Å². The second kappa shape index (κ2) is 5.16. The van der Waals surface area contributed by atoms with E-state index < -0.39 is 0 Å². The van der Waals surface area contributed by atoms with Crippen LogP contribution in [0.25, 0.3) is 16.7 Å². The highest BCUT2D eigenvalue weighted by Crippen LogP contribution is 2.31. The maximum absolute atomic E-state index is 6.32. The molecule has 3 aromatic rings. The van der Waals surface area contributed by atoms with Gasteiger partial charge in [-0.2, -0.15) is 0 Å². The molecule has 96 valence electrons. The molecule has 0 saturated heterocycles. The van der Waals surface area contributed by atoms with E-state index in [9.17, 15) is 0 Å². The predicted octanol–water partition coefficient (Wildman–Crippen LogP) is 5.18. The smallest absolute Gasteiger partial charge is 0.129 e. The zero-order chi connectivity index (χ0) is 13.4. The minimum Gasteiger partial charge on any atom is -0.293 e. The molecule has 0 unspecified atom stereocenters. The fourth-order valence-corrected chi connectivity index (χ4v) is 3.01. The van der Waals surface area contributed by atoms with Crippen molar-refractivity contribution in [3.8, 4) is 5.69 Å². The second-order valence-electron chi connectivity index (χ2n) is 4.06. The van der Waals surface area contributed by atoms with Crippen LogP contribution in [0, 0.1) is 0 Å². The summed E-state index contributed by atoms with van der Waals surface area (Å²) in [5.74, 6) is 1.10. The number of aromatic nitrogens is 2. The van der Waals surface area contributed by atoms with Crippen LogP contribution in [0.1, 0.15) is 5.82 Å². The third-order valence-electron chi connectivity index (χ3n) is 2.91. The van der Waals surface area contributed by atoms with Gasteiger partial charge in [0.15, 0.2) is 0 Å². The fourth-order valence-electron chi connectivity index (χ4n) is 2.12. The van der Waals surface area contributed by atoms with E-state index in [4.69, 9.17) is 23.2 Å². The van der Waals surface area contributed by atoms with Crippen LogP contribution in [0.2, 0.25) is 5.02 Å². The van der Waals surface area contributed by atoms with E-state index in [0.29, 0.717) is 10.9 Å². The highest BCUT2D eigenvalue weighted by molar-refractivity contribution is 9.10. The third-order valence-corrected chi connectivity index (χ3v) is 4.12. The Kier molecular flexibility index (Phi) is 3.52. The van der Waals surface area contributed by atoms with Crippen molar-refractivity contribution in [3.63, 3.8) is 0 Å². The van der Waals surface area contributed by atoms with Crippen LogP contribution < -0.4 is 0 Å². The van der Waals surface area contributed by atoms with Crippen molar-refractivity contribution in [1.29, 1.82) is 0 Å². The van der Waals surface area contributed by atoms with Gasteiger partial charge in [0.2, 0.25) is 0 Å². The van der Waals surface area contributed by atoms with Crippen molar-refractivity contribution in [2.24, 2.45) is 0 Å². The number of benzene rings is 2. The van der Waals surface area contributed by atoms with Crippen molar-refractivity contribution in [1.82, 2.24) is 9.55 Å². The first-order chi connectivity index (χ1) is 9.22. The number of imidazole rings is 1. The summed E-state index contributed by atoms with van der Waals surface area (Å²) in [5.41, 5.74) is 2.71. The van der Waals surface area contributed by atoms with Crippen molar-refractivity contribution >= 4 is 50.2 Å². The van der Waals surface area contributed by atoms with E-state index in [-0.39, 0.29) is 0 Å². The van der Waals surface area contributed by atoms with Crippen molar-refractivity contribution in [2.75, 3.05) is 0 Å². The van der Waals surface area contributed by atoms with E-state index in [1.165, 1.54) is 0 Å². The molecule has 0 aliphatic rings. The molecule has 0 atom stereocenters. The Bertz CT molecular complexity index is 752. The first-order valence-electron chi connectivity index (χ1n) is 5.69. The molecule has 0 amide bonds. The molecule has 0 spiro atoms. The van der Waals surface area contributed by atoms with E-state index in [2.05, 4.69) is 20.9 Å².